The van der Waals surface area contributed by atoms with E-state index in [1.165, 1.54) is 42.6 Å². The smallest absolute Gasteiger partial charge is 0.326 e. The van der Waals surface area contributed by atoms with E-state index in [2.05, 4.69) is 15.0 Å². The van der Waals surface area contributed by atoms with Gasteiger partial charge in [0.1, 0.15) is 34.7 Å². The lowest BCUT2D eigenvalue weighted by atomic mass is 9.88. The van der Waals surface area contributed by atoms with E-state index < -0.39 is 56.8 Å². The molecule has 310 valence electrons. The number of rotatable bonds is 16. The lowest BCUT2D eigenvalue weighted by molar-refractivity contribution is -0.139. The zero-order chi connectivity index (χ0) is 42.3. The number of carbonyl (C=O) groups is 2. The summed E-state index contributed by atoms with van der Waals surface area (Å²) in [6.07, 6.45) is 3.06. The molecule has 0 saturated heterocycles. The van der Waals surface area contributed by atoms with E-state index in [1.807, 2.05) is 25.1 Å². The Morgan fingerprint density at radius 1 is 0.915 bits per heavy atom. The zero-order valence-corrected chi connectivity index (χ0v) is 33.3. The zero-order valence-electron chi connectivity index (χ0n) is 32.4. The van der Waals surface area contributed by atoms with Crippen molar-refractivity contribution in [3.63, 3.8) is 0 Å². The van der Waals surface area contributed by atoms with Crippen LogP contribution in [-0.4, -0.2) is 63.9 Å². The summed E-state index contributed by atoms with van der Waals surface area (Å²) in [5, 5.41) is 12.4. The first-order chi connectivity index (χ1) is 28.3. The maximum atomic E-state index is 15.4. The van der Waals surface area contributed by atoms with Crippen LogP contribution in [0.15, 0.2) is 83.9 Å². The van der Waals surface area contributed by atoms with Crippen molar-refractivity contribution in [2.75, 3.05) is 32.2 Å². The van der Waals surface area contributed by atoms with Crippen LogP contribution >= 0.6 is 0 Å². The number of halogens is 3. The number of hydrogen-bond acceptors (Lipinski definition) is 9. The molecule has 5 aromatic rings. The quantitative estimate of drug-likeness (QED) is 0.0851. The average Bonchev–Trinajstić information content (AvgIpc) is 3.46. The second-order valence-corrected chi connectivity index (χ2v) is 15.4. The van der Waals surface area contributed by atoms with Crippen LogP contribution in [-0.2, 0) is 50.3 Å². The monoisotopic (exact) mass is 833 g/mol. The minimum Gasteiger partial charge on any atom is -0.496 e. The Kier molecular flexibility index (Phi) is 13.5. The highest BCUT2D eigenvalue weighted by Gasteiger charge is 2.30. The van der Waals surface area contributed by atoms with Crippen molar-refractivity contribution in [3.8, 4) is 33.8 Å². The first kappa shape index (κ1) is 42.6. The molecule has 16 heteroatoms. The van der Waals surface area contributed by atoms with Crippen molar-refractivity contribution < 1.29 is 55.2 Å². The second kappa shape index (κ2) is 18.7. The second-order valence-electron chi connectivity index (χ2n) is 13.7. The molecule has 0 unspecified atom stereocenters. The predicted octanol–water partition coefficient (Wildman–Crippen LogP) is 7.47. The number of carbonyl (C=O) groups excluding carboxylic acids is 1. The summed E-state index contributed by atoms with van der Waals surface area (Å²) in [6.45, 7) is 3.43. The van der Waals surface area contributed by atoms with Gasteiger partial charge in [-0.05, 0) is 96.0 Å². The first-order valence-electron chi connectivity index (χ1n) is 18.6. The predicted molar refractivity (Wildman–Crippen MR) is 212 cm³/mol. The number of ether oxygens (including phenoxy) is 4. The average molecular weight is 834 g/mol. The number of aromatic nitrogens is 1. The van der Waals surface area contributed by atoms with E-state index in [4.69, 9.17) is 18.9 Å². The number of sulfonamides is 1. The van der Waals surface area contributed by atoms with Gasteiger partial charge >= 0.3 is 5.97 Å². The third-order valence-corrected chi connectivity index (χ3v) is 11.1. The lowest BCUT2D eigenvalue weighted by Gasteiger charge is -2.23. The first-order valence-corrected chi connectivity index (χ1v) is 20.1. The van der Waals surface area contributed by atoms with Crippen molar-refractivity contribution in [3.05, 3.63) is 124 Å². The largest absolute Gasteiger partial charge is 0.496 e. The van der Waals surface area contributed by atoms with E-state index in [9.17, 15) is 27.5 Å². The fraction of sp³-hybridized carbons (Fsp3) is 0.279. The van der Waals surface area contributed by atoms with Gasteiger partial charge in [-0.3, -0.25) is 9.52 Å². The van der Waals surface area contributed by atoms with Crippen LogP contribution in [0.25, 0.3) is 22.3 Å². The van der Waals surface area contributed by atoms with E-state index >= 15 is 8.78 Å². The van der Waals surface area contributed by atoms with Crippen molar-refractivity contribution in [1.82, 2.24) is 10.3 Å². The van der Waals surface area contributed by atoms with Gasteiger partial charge in [-0.2, -0.15) is 4.39 Å². The number of amides is 1. The lowest BCUT2D eigenvalue weighted by Crippen LogP contribution is -2.43. The molecule has 1 aliphatic rings. The summed E-state index contributed by atoms with van der Waals surface area (Å²) >= 11 is 0. The highest BCUT2D eigenvalue weighted by molar-refractivity contribution is 7.92. The SMILES string of the molecule is CCOCc1cc(COC)c(-c2ccc(C[C@H](NC(=O)c3c(F)cc(NS(=O)(=O)c4ccc(-c5ccnc(F)c5)cc4)cc3F)C(=O)O)c3c2CCCCO3)c(OC)c1. The fourth-order valence-electron chi connectivity index (χ4n) is 6.98. The molecule has 4 aromatic carbocycles. The molecule has 0 bridgehead atoms. The molecule has 0 aliphatic carbocycles. The number of carboxylic acids is 1. The maximum Gasteiger partial charge on any atom is 0.326 e. The van der Waals surface area contributed by atoms with Gasteiger partial charge in [0.05, 0.1) is 37.5 Å². The van der Waals surface area contributed by atoms with Crippen molar-refractivity contribution in [2.24, 2.45) is 0 Å². The van der Waals surface area contributed by atoms with Crippen LogP contribution in [0, 0.1) is 17.6 Å². The molecule has 3 N–H and O–H groups in total. The van der Waals surface area contributed by atoms with Gasteiger partial charge in [-0.25, -0.2) is 27.0 Å². The molecule has 1 atom stereocenters. The van der Waals surface area contributed by atoms with Crippen LogP contribution in [0.4, 0.5) is 18.9 Å². The number of hydrogen-bond donors (Lipinski definition) is 3. The van der Waals surface area contributed by atoms with Crippen LogP contribution in [0.3, 0.4) is 0 Å². The van der Waals surface area contributed by atoms with E-state index in [-0.39, 0.29) is 17.9 Å². The highest BCUT2D eigenvalue weighted by atomic mass is 32.2. The highest BCUT2D eigenvalue weighted by Crippen LogP contribution is 2.43. The van der Waals surface area contributed by atoms with E-state index in [0.717, 1.165) is 40.7 Å². The molecule has 2 heterocycles. The minimum atomic E-state index is -4.38. The van der Waals surface area contributed by atoms with Crippen LogP contribution in [0.1, 0.15) is 52.4 Å². The number of carboxylic acid groups (broad SMARTS) is 1. The number of nitrogens with zero attached hydrogens (tertiary/aromatic N) is 1. The Bertz CT molecular complexity index is 2440. The summed E-state index contributed by atoms with van der Waals surface area (Å²) < 4.78 is 96.0. The number of nitrogens with one attached hydrogen (secondary N) is 2. The normalized spacial score (nSPS) is 13.1. The Labute approximate surface area is 339 Å². The number of methoxy groups -OCH3 is 2. The van der Waals surface area contributed by atoms with Gasteiger partial charge < -0.3 is 29.4 Å². The molecule has 0 saturated carbocycles. The topological polar surface area (TPSA) is 162 Å². The van der Waals surface area contributed by atoms with Crippen molar-refractivity contribution in [1.29, 1.82) is 0 Å². The number of pyridine rings is 1. The Balaban J connectivity index is 1.24. The molecule has 1 aliphatic heterocycles. The standard InChI is InChI=1S/C43H42F3N3O9S/c1-4-57-23-25-17-29(24-55-2)39(37(18-25)56-3)32-13-10-28(41-33(32)7-5-6-16-58-41)19-36(43(51)52)48-42(50)40-34(44)21-30(22-35(40)45)49-59(53,54)31-11-8-26(9-12-31)27-14-15-47-38(46)20-27/h8-15,17-18,20-22,36,49H,4-7,16,19,23-24H2,1-3H3,(H,48,50)(H,51,52)/t36-/m0/s1. The third kappa shape index (κ3) is 9.84. The van der Waals surface area contributed by atoms with Gasteiger partial charge in [-0.15, -0.1) is 0 Å². The molecule has 0 spiro atoms. The Morgan fingerprint density at radius 2 is 1.66 bits per heavy atom. The van der Waals surface area contributed by atoms with Gasteiger partial charge in [0, 0.05) is 43.5 Å². The van der Waals surface area contributed by atoms with E-state index in [1.54, 1.807) is 20.3 Å². The summed E-state index contributed by atoms with van der Waals surface area (Å²) in [7, 11) is -1.22. The van der Waals surface area contributed by atoms with Crippen LogP contribution in [0.2, 0.25) is 0 Å². The minimum absolute atomic E-state index is 0.261. The third-order valence-electron chi connectivity index (χ3n) is 9.69. The van der Waals surface area contributed by atoms with Gasteiger partial charge in [-0.1, -0.05) is 30.3 Å². The Morgan fingerprint density at radius 3 is 2.32 bits per heavy atom. The number of fused-ring (bicyclic) bond motifs is 1. The van der Waals surface area contributed by atoms with Gasteiger partial charge in [0.15, 0.2) is 0 Å². The van der Waals surface area contributed by atoms with Crippen LogP contribution < -0.4 is 19.5 Å². The van der Waals surface area contributed by atoms with Crippen molar-refractivity contribution in [2.45, 2.75) is 56.8 Å². The Hall–Kier alpha value is -5.97. The molecule has 0 radical (unpaired) electrons. The molecule has 59 heavy (non-hydrogen) atoms. The fourth-order valence-corrected chi connectivity index (χ4v) is 8.02. The molecule has 1 aromatic heterocycles. The van der Waals surface area contributed by atoms with Crippen LogP contribution in [0.5, 0.6) is 11.5 Å². The van der Waals surface area contributed by atoms with E-state index in [0.29, 0.717) is 66.6 Å². The molecular weight excluding hydrogens is 792 g/mol. The van der Waals surface area contributed by atoms with Gasteiger partial charge in [0.25, 0.3) is 15.9 Å². The summed E-state index contributed by atoms with van der Waals surface area (Å²) in [4.78, 5) is 29.1. The molecule has 0 fully saturated rings. The summed E-state index contributed by atoms with van der Waals surface area (Å²) in [6, 6.07) is 15.0. The maximum absolute atomic E-state index is 15.4. The number of anilines is 1. The van der Waals surface area contributed by atoms with Crippen molar-refractivity contribution >= 4 is 27.6 Å². The number of aliphatic carboxylic acids is 1. The molecule has 6 rings (SSSR count). The molecular formula is C43H42F3N3O9S. The summed E-state index contributed by atoms with van der Waals surface area (Å²) in [5.41, 5.74) is 3.88. The van der Waals surface area contributed by atoms with Gasteiger partial charge in [0.2, 0.25) is 5.95 Å². The number of benzene rings is 4. The molecule has 12 nitrogen and oxygen atoms in total. The summed E-state index contributed by atoms with van der Waals surface area (Å²) in [5.74, 6) is -5.40. The molecule has 1 amide bonds.